The molecule has 0 amide bonds. The third kappa shape index (κ3) is 5.31. The molecule has 2 aromatic rings. The predicted octanol–water partition coefficient (Wildman–Crippen LogP) is 4.01. The standard InChI is InChI=1S/C21H23NO3/c1-4-25-16(2)15-19(21(23)24-3)22-20(17-11-7-5-8-12-17)18-13-9-6-10-14-18/h5-14,19H,2,4,15H2,1,3H3. The lowest BCUT2D eigenvalue weighted by atomic mass is 10.0. The Balaban J connectivity index is 2.45. The molecule has 0 bridgehead atoms. The maximum absolute atomic E-state index is 12.2. The van der Waals surface area contributed by atoms with Crippen LogP contribution in [-0.2, 0) is 14.3 Å². The van der Waals surface area contributed by atoms with E-state index < -0.39 is 12.0 Å². The van der Waals surface area contributed by atoms with E-state index in [4.69, 9.17) is 14.5 Å². The van der Waals surface area contributed by atoms with E-state index >= 15 is 0 Å². The van der Waals surface area contributed by atoms with Crippen molar-refractivity contribution in [3.8, 4) is 0 Å². The maximum Gasteiger partial charge on any atom is 0.331 e. The van der Waals surface area contributed by atoms with Gasteiger partial charge in [0.25, 0.3) is 0 Å². The number of benzene rings is 2. The number of aliphatic imine (C=N–C) groups is 1. The molecule has 1 atom stereocenters. The molecule has 0 aliphatic heterocycles. The molecule has 2 aromatic carbocycles. The highest BCUT2D eigenvalue weighted by Gasteiger charge is 2.22. The van der Waals surface area contributed by atoms with Gasteiger partial charge in [0.2, 0.25) is 0 Å². The van der Waals surface area contributed by atoms with E-state index in [1.54, 1.807) is 0 Å². The molecule has 130 valence electrons. The Kier molecular flexibility index (Phi) is 6.96. The summed E-state index contributed by atoms with van der Waals surface area (Å²) in [7, 11) is 1.36. The van der Waals surface area contributed by atoms with Crippen molar-refractivity contribution in [1.29, 1.82) is 0 Å². The van der Waals surface area contributed by atoms with Crippen LogP contribution in [0.4, 0.5) is 0 Å². The number of carbonyl (C=O) groups is 1. The Labute approximate surface area is 148 Å². The van der Waals surface area contributed by atoms with Crippen molar-refractivity contribution in [3.05, 3.63) is 84.1 Å². The van der Waals surface area contributed by atoms with Crippen molar-refractivity contribution in [3.63, 3.8) is 0 Å². The largest absolute Gasteiger partial charge is 0.499 e. The van der Waals surface area contributed by atoms with Crippen LogP contribution in [0, 0.1) is 0 Å². The minimum atomic E-state index is -0.709. The van der Waals surface area contributed by atoms with E-state index in [1.165, 1.54) is 7.11 Å². The second-order valence-electron chi connectivity index (χ2n) is 5.42. The van der Waals surface area contributed by atoms with Crippen molar-refractivity contribution in [1.82, 2.24) is 0 Å². The summed E-state index contributed by atoms with van der Waals surface area (Å²) >= 11 is 0. The van der Waals surface area contributed by atoms with E-state index in [2.05, 4.69) is 6.58 Å². The monoisotopic (exact) mass is 337 g/mol. The van der Waals surface area contributed by atoms with Gasteiger partial charge in [-0.15, -0.1) is 0 Å². The van der Waals surface area contributed by atoms with Gasteiger partial charge in [0.05, 0.1) is 25.2 Å². The molecule has 0 aliphatic rings. The Morgan fingerprint density at radius 2 is 1.56 bits per heavy atom. The number of esters is 1. The van der Waals surface area contributed by atoms with Crippen LogP contribution in [-0.4, -0.2) is 31.4 Å². The highest BCUT2D eigenvalue weighted by atomic mass is 16.5. The summed E-state index contributed by atoms with van der Waals surface area (Å²) in [6, 6.07) is 18.8. The fourth-order valence-corrected chi connectivity index (χ4v) is 2.46. The smallest absolute Gasteiger partial charge is 0.331 e. The molecule has 0 aliphatic carbocycles. The summed E-state index contributed by atoms with van der Waals surface area (Å²) < 4.78 is 10.3. The molecule has 4 heteroatoms. The minimum absolute atomic E-state index is 0.281. The van der Waals surface area contributed by atoms with Crippen molar-refractivity contribution in [2.45, 2.75) is 19.4 Å². The molecule has 0 saturated carbocycles. The Morgan fingerprint density at radius 3 is 2.00 bits per heavy atom. The van der Waals surface area contributed by atoms with Gasteiger partial charge in [-0.3, -0.25) is 4.99 Å². The van der Waals surface area contributed by atoms with Crippen molar-refractivity contribution in [2.75, 3.05) is 13.7 Å². The highest BCUT2D eigenvalue weighted by molar-refractivity contribution is 6.13. The molecule has 4 nitrogen and oxygen atoms in total. The van der Waals surface area contributed by atoms with Crippen LogP contribution in [0.2, 0.25) is 0 Å². The molecule has 0 aromatic heterocycles. The Hall–Kier alpha value is -2.88. The van der Waals surface area contributed by atoms with E-state index in [-0.39, 0.29) is 6.42 Å². The van der Waals surface area contributed by atoms with Crippen LogP contribution >= 0.6 is 0 Å². The molecular weight excluding hydrogens is 314 g/mol. The number of hydrogen-bond acceptors (Lipinski definition) is 4. The maximum atomic E-state index is 12.2. The van der Waals surface area contributed by atoms with E-state index in [0.717, 1.165) is 16.8 Å². The summed E-state index contributed by atoms with van der Waals surface area (Å²) in [5.41, 5.74) is 2.61. The van der Waals surface area contributed by atoms with Crippen LogP contribution in [0.3, 0.4) is 0 Å². The quantitative estimate of drug-likeness (QED) is 0.415. The zero-order valence-electron chi connectivity index (χ0n) is 14.6. The molecule has 0 spiro atoms. The molecule has 0 heterocycles. The zero-order chi connectivity index (χ0) is 18.1. The minimum Gasteiger partial charge on any atom is -0.499 e. The van der Waals surface area contributed by atoms with Gasteiger partial charge in [-0.2, -0.15) is 0 Å². The van der Waals surface area contributed by atoms with E-state index in [9.17, 15) is 4.79 Å². The second kappa shape index (κ2) is 9.42. The predicted molar refractivity (Wildman–Crippen MR) is 99.7 cm³/mol. The summed E-state index contributed by atoms with van der Waals surface area (Å²) in [5, 5.41) is 0. The molecule has 0 fully saturated rings. The number of rotatable bonds is 8. The normalized spacial score (nSPS) is 11.3. The van der Waals surface area contributed by atoms with Crippen LogP contribution in [0.25, 0.3) is 0 Å². The van der Waals surface area contributed by atoms with Crippen molar-refractivity contribution >= 4 is 11.7 Å². The molecule has 2 rings (SSSR count). The van der Waals surface area contributed by atoms with Gasteiger partial charge >= 0.3 is 5.97 Å². The Bertz CT molecular complexity index is 682. The van der Waals surface area contributed by atoms with Crippen molar-refractivity contribution in [2.24, 2.45) is 4.99 Å². The second-order valence-corrected chi connectivity index (χ2v) is 5.42. The van der Waals surface area contributed by atoms with Crippen LogP contribution in [0.1, 0.15) is 24.5 Å². The highest BCUT2D eigenvalue weighted by Crippen LogP contribution is 2.16. The molecule has 1 unspecified atom stereocenters. The zero-order valence-corrected chi connectivity index (χ0v) is 14.6. The first-order chi connectivity index (χ1) is 12.2. The van der Waals surface area contributed by atoms with Gasteiger partial charge < -0.3 is 9.47 Å². The number of ether oxygens (including phenoxy) is 2. The first-order valence-electron chi connectivity index (χ1n) is 8.22. The first-order valence-corrected chi connectivity index (χ1v) is 8.22. The third-order valence-corrected chi connectivity index (χ3v) is 3.62. The lowest BCUT2D eigenvalue weighted by molar-refractivity contribution is -0.142. The average molecular weight is 337 g/mol. The SMILES string of the molecule is C=C(CC(N=C(c1ccccc1)c1ccccc1)C(=O)OC)OCC. The van der Waals surface area contributed by atoms with Gasteiger partial charge in [0.15, 0.2) is 6.04 Å². The van der Waals surface area contributed by atoms with Gasteiger partial charge in [-0.05, 0) is 6.92 Å². The lowest BCUT2D eigenvalue weighted by Crippen LogP contribution is -2.23. The van der Waals surface area contributed by atoms with Gasteiger partial charge in [-0.25, -0.2) is 4.79 Å². The molecule has 25 heavy (non-hydrogen) atoms. The number of nitrogens with zero attached hydrogens (tertiary/aromatic N) is 1. The summed E-state index contributed by atoms with van der Waals surface area (Å²) in [4.78, 5) is 16.9. The average Bonchev–Trinajstić information content (AvgIpc) is 2.66. The molecule has 0 saturated heterocycles. The lowest BCUT2D eigenvalue weighted by Gasteiger charge is -2.15. The first kappa shape index (κ1) is 18.5. The van der Waals surface area contributed by atoms with E-state index in [0.29, 0.717) is 12.4 Å². The van der Waals surface area contributed by atoms with Gasteiger partial charge in [-0.1, -0.05) is 67.2 Å². The summed E-state index contributed by atoms with van der Waals surface area (Å²) in [6.07, 6.45) is 0.281. The number of methoxy groups -OCH3 is 1. The third-order valence-electron chi connectivity index (χ3n) is 3.62. The molecular formula is C21H23NO3. The number of carbonyl (C=O) groups excluding carboxylic acids is 1. The number of hydrogen-bond donors (Lipinski definition) is 0. The topological polar surface area (TPSA) is 47.9 Å². The van der Waals surface area contributed by atoms with Gasteiger partial charge in [0, 0.05) is 17.5 Å². The summed E-state index contributed by atoms with van der Waals surface area (Å²) in [5.74, 6) is 0.104. The van der Waals surface area contributed by atoms with Crippen molar-refractivity contribution < 1.29 is 14.3 Å². The van der Waals surface area contributed by atoms with Crippen LogP contribution in [0.15, 0.2) is 78.0 Å². The van der Waals surface area contributed by atoms with E-state index in [1.807, 2.05) is 67.6 Å². The summed E-state index contributed by atoms with van der Waals surface area (Å²) in [6.45, 7) is 6.23. The van der Waals surface area contributed by atoms with Crippen LogP contribution < -0.4 is 0 Å². The molecule has 0 radical (unpaired) electrons. The molecule has 0 N–H and O–H groups in total. The fourth-order valence-electron chi connectivity index (χ4n) is 2.46. The fraction of sp³-hybridized carbons (Fsp3) is 0.238. The van der Waals surface area contributed by atoms with Gasteiger partial charge in [0.1, 0.15) is 0 Å². The Morgan fingerprint density at radius 1 is 1.04 bits per heavy atom. The van der Waals surface area contributed by atoms with Crippen LogP contribution in [0.5, 0.6) is 0 Å².